The van der Waals surface area contributed by atoms with Crippen LogP contribution >= 0.6 is 0 Å². The van der Waals surface area contributed by atoms with Crippen molar-refractivity contribution in [2.45, 2.75) is 53.4 Å². The molecule has 0 fully saturated rings. The van der Waals surface area contributed by atoms with Gasteiger partial charge in [0.2, 0.25) is 0 Å². The van der Waals surface area contributed by atoms with Crippen molar-refractivity contribution >= 4 is 5.97 Å². The molecule has 0 rings (SSSR count). The van der Waals surface area contributed by atoms with Gasteiger partial charge in [-0.2, -0.15) is 4.89 Å². The first-order valence-electron chi connectivity index (χ1n) is 5.28. The molecular formula is C11H22O3. The van der Waals surface area contributed by atoms with Gasteiger partial charge < -0.3 is 0 Å². The molecule has 0 atom stereocenters. The molecule has 3 nitrogen and oxygen atoms in total. The third kappa shape index (κ3) is 9.52. The zero-order valence-corrected chi connectivity index (χ0v) is 9.76. The van der Waals surface area contributed by atoms with Gasteiger partial charge in [-0.25, -0.2) is 4.79 Å². The van der Waals surface area contributed by atoms with Gasteiger partial charge in [0.1, 0.15) is 0 Å². The fraction of sp³-hybridized carbons (Fsp3) is 0.909. The zero-order valence-electron chi connectivity index (χ0n) is 9.76. The lowest BCUT2D eigenvalue weighted by atomic mass is 9.91. The van der Waals surface area contributed by atoms with E-state index in [9.17, 15) is 4.79 Å². The van der Waals surface area contributed by atoms with Crippen molar-refractivity contribution < 1.29 is 14.6 Å². The molecule has 0 aromatic rings. The summed E-state index contributed by atoms with van der Waals surface area (Å²) in [4.78, 5) is 20.5. The molecule has 0 aliphatic heterocycles. The molecule has 0 spiro atoms. The van der Waals surface area contributed by atoms with Gasteiger partial charge in [0, 0.05) is 6.42 Å². The molecule has 0 saturated heterocycles. The first-order valence-corrected chi connectivity index (χ1v) is 5.28. The molecule has 0 bridgehead atoms. The molecule has 0 unspecified atom stereocenters. The van der Waals surface area contributed by atoms with Gasteiger partial charge in [0.25, 0.3) is 0 Å². The van der Waals surface area contributed by atoms with Crippen LogP contribution in [0.15, 0.2) is 0 Å². The summed E-state index contributed by atoms with van der Waals surface area (Å²) in [6, 6.07) is 0. The summed E-state index contributed by atoms with van der Waals surface area (Å²) in [6.07, 6.45) is 3.21. The van der Waals surface area contributed by atoms with E-state index in [2.05, 4.69) is 32.6 Å². The van der Waals surface area contributed by atoms with Gasteiger partial charge in [0.05, 0.1) is 6.61 Å². The third-order valence-electron chi connectivity index (χ3n) is 1.81. The van der Waals surface area contributed by atoms with E-state index in [1.165, 1.54) is 0 Å². The molecule has 0 amide bonds. The second-order valence-electron chi connectivity index (χ2n) is 4.69. The number of unbranched alkanes of at least 4 members (excludes halogenated alkanes) is 1. The minimum Gasteiger partial charge on any atom is -0.298 e. The van der Waals surface area contributed by atoms with Crippen molar-refractivity contribution in [2.75, 3.05) is 6.61 Å². The molecule has 0 aliphatic rings. The van der Waals surface area contributed by atoms with Crippen LogP contribution in [0.4, 0.5) is 0 Å². The highest BCUT2D eigenvalue weighted by Crippen LogP contribution is 2.20. The second kappa shape index (κ2) is 6.82. The van der Waals surface area contributed by atoms with E-state index in [1.54, 1.807) is 0 Å². The first-order chi connectivity index (χ1) is 6.45. The summed E-state index contributed by atoms with van der Waals surface area (Å²) in [7, 11) is 0. The largest absolute Gasteiger partial charge is 0.342 e. The first kappa shape index (κ1) is 13.4. The summed E-state index contributed by atoms with van der Waals surface area (Å²) in [5.41, 5.74) is 0.169. The number of carbonyl (C=O) groups is 1. The highest BCUT2D eigenvalue weighted by atomic mass is 17.2. The Kier molecular flexibility index (Phi) is 6.54. The lowest BCUT2D eigenvalue weighted by Gasteiger charge is -2.16. The van der Waals surface area contributed by atoms with E-state index in [-0.39, 0.29) is 11.4 Å². The fourth-order valence-electron chi connectivity index (χ4n) is 0.829. The van der Waals surface area contributed by atoms with Crippen LogP contribution < -0.4 is 0 Å². The Labute approximate surface area is 86.7 Å². The van der Waals surface area contributed by atoms with E-state index in [0.717, 1.165) is 19.3 Å². The van der Waals surface area contributed by atoms with Gasteiger partial charge in [-0.1, -0.05) is 34.1 Å². The summed E-state index contributed by atoms with van der Waals surface area (Å²) in [6.45, 7) is 8.84. The molecule has 0 heterocycles. The zero-order chi connectivity index (χ0) is 11.0. The van der Waals surface area contributed by atoms with Crippen LogP contribution in [-0.2, 0) is 14.6 Å². The molecule has 0 radical (unpaired) electrons. The summed E-state index contributed by atoms with van der Waals surface area (Å²) in [5, 5.41) is 0. The van der Waals surface area contributed by atoms with E-state index in [4.69, 9.17) is 4.89 Å². The molecule has 0 aromatic heterocycles. The molecule has 0 N–H and O–H groups in total. The molecule has 0 aliphatic carbocycles. The van der Waals surface area contributed by atoms with Crippen molar-refractivity contribution in [1.82, 2.24) is 0 Å². The molecule has 3 heteroatoms. The second-order valence-corrected chi connectivity index (χ2v) is 4.69. The Morgan fingerprint density at radius 1 is 1.29 bits per heavy atom. The normalized spacial score (nSPS) is 11.4. The van der Waals surface area contributed by atoms with Gasteiger partial charge in [-0.15, -0.1) is 0 Å². The minimum atomic E-state index is -0.268. The Morgan fingerprint density at radius 3 is 2.43 bits per heavy atom. The van der Waals surface area contributed by atoms with Gasteiger partial charge in [-0.05, 0) is 18.3 Å². The summed E-state index contributed by atoms with van der Waals surface area (Å²) >= 11 is 0. The lowest BCUT2D eigenvalue weighted by Crippen LogP contribution is -2.11. The molecule has 84 valence electrons. The lowest BCUT2D eigenvalue weighted by molar-refractivity contribution is -0.273. The SMILES string of the molecule is CCCCOOC(=O)CCC(C)(C)C. The van der Waals surface area contributed by atoms with Crippen LogP contribution in [0, 0.1) is 5.41 Å². The molecule has 0 saturated carbocycles. The average Bonchev–Trinajstić information content (AvgIpc) is 2.08. The molecule has 14 heavy (non-hydrogen) atoms. The van der Waals surface area contributed by atoms with E-state index >= 15 is 0 Å². The standard InChI is InChI=1S/C11H22O3/c1-5-6-9-13-14-10(12)7-8-11(2,3)4/h5-9H2,1-4H3. The maximum Gasteiger partial charge on any atom is 0.342 e. The van der Waals surface area contributed by atoms with Crippen molar-refractivity contribution in [3.63, 3.8) is 0 Å². The fourth-order valence-corrected chi connectivity index (χ4v) is 0.829. The molecular weight excluding hydrogens is 180 g/mol. The van der Waals surface area contributed by atoms with Gasteiger partial charge >= 0.3 is 5.97 Å². The number of rotatable bonds is 6. The summed E-state index contributed by atoms with van der Waals surface area (Å²) < 4.78 is 0. The number of hydrogen-bond donors (Lipinski definition) is 0. The smallest absolute Gasteiger partial charge is 0.298 e. The maximum absolute atomic E-state index is 11.1. The van der Waals surface area contributed by atoms with Crippen LogP contribution in [0.25, 0.3) is 0 Å². The van der Waals surface area contributed by atoms with E-state index in [1.807, 2.05) is 0 Å². The van der Waals surface area contributed by atoms with E-state index in [0.29, 0.717) is 13.0 Å². The van der Waals surface area contributed by atoms with Crippen LogP contribution in [0.1, 0.15) is 53.4 Å². The Bertz CT molecular complexity index is 158. The highest BCUT2D eigenvalue weighted by molar-refractivity contribution is 5.68. The Hall–Kier alpha value is -0.570. The predicted octanol–water partition coefficient (Wildman–Crippen LogP) is 3.09. The minimum absolute atomic E-state index is 0.169. The molecule has 0 aromatic carbocycles. The van der Waals surface area contributed by atoms with Crippen LogP contribution in [0.5, 0.6) is 0 Å². The predicted molar refractivity (Wildman–Crippen MR) is 55.6 cm³/mol. The topological polar surface area (TPSA) is 35.5 Å². The Morgan fingerprint density at radius 2 is 1.93 bits per heavy atom. The van der Waals surface area contributed by atoms with Crippen LogP contribution in [0.2, 0.25) is 0 Å². The van der Waals surface area contributed by atoms with Gasteiger partial charge in [-0.3, -0.25) is 4.89 Å². The monoisotopic (exact) mass is 202 g/mol. The van der Waals surface area contributed by atoms with Crippen molar-refractivity contribution in [2.24, 2.45) is 5.41 Å². The van der Waals surface area contributed by atoms with Crippen molar-refractivity contribution in [3.8, 4) is 0 Å². The number of carbonyl (C=O) groups excluding carboxylic acids is 1. The Balaban J connectivity index is 3.38. The summed E-state index contributed by atoms with van der Waals surface area (Å²) in [5.74, 6) is -0.268. The quantitative estimate of drug-likeness (QED) is 0.377. The van der Waals surface area contributed by atoms with Crippen molar-refractivity contribution in [3.05, 3.63) is 0 Å². The maximum atomic E-state index is 11.1. The highest BCUT2D eigenvalue weighted by Gasteiger charge is 2.13. The third-order valence-corrected chi connectivity index (χ3v) is 1.81. The van der Waals surface area contributed by atoms with Crippen molar-refractivity contribution in [1.29, 1.82) is 0 Å². The number of hydrogen-bond acceptors (Lipinski definition) is 3. The van der Waals surface area contributed by atoms with E-state index < -0.39 is 0 Å². The van der Waals surface area contributed by atoms with Crippen LogP contribution in [-0.4, -0.2) is 12.6 Å². The van der Waals surface area contributed by atoms with Crippen LogP contribution in [0.3, 0.4) is 0 Å². The van der Waals surface area contributed by atoms with Gasteiger partial charge in [0.15, 0.2) is 0 Å². The average molecular weight is 202 g/mol.